The second-order valence-corrected chi connectivity index (χ2v) is 1.54. The van der Waals surface area contributed by atoms with Gasteiger partial charge < -0.3 is 0 Å². The molecule has 1 aliphatic carbocycles. The van der Waals surface area contributed by atoms with Gasteiger partial charge >= 0.3 is 4.70 Å². The molecule has 1 saturated carbocycles. The highest BCUT2D eigenvalue weighted by atomic mass is 35.5. The van der Waals surface area contributed by atoms with E-state index in [1.807, 2.05) is 0 Å². The highest BCUT2D eigenvalue weighted by molar-refractivity contribution is 6.93. The smallest absolute Gasteiger partial charge is 0.262 e. The van der Waals surface area contributed by atoms with Gasteiger partial charge in [0, 0.05) is 6.85 Å². The Hall–Kier alpha value is 0.250. The lowest BCUT2D eigenvalue weighted by molar-refractivity contribution is 0.275. The monoisotopic (exact) mass is 145 g/mol. The van der Waals surface area contributed by atoms with Crippen molar-refractivity contribution in [1.29, 1.82) is 0 Å². The lowest BCUT2D eigenvalue weighted by Gasteiger charge is -1.48. The minimum atomic E-state index is -1.90. The van der Waals surface area contributed by atoms with Gasteiger partial charge in [-0.05, 0) is 23.2 Å². The minimum Gasteiger partial charge on any atom is -0.262 e. The van der Waals surface area contributed by atoms with Crippen LogP contribution < -0.4 is 0 Å². The number of carbonyl (C=O) groups excluding carboxylic acids is 1. The van der Waals surface area contributed by atoms with Crippen LogP contribution in [0.1, 0.15) is 26.0 Å². The second-order valence-electron chi connectivity index (χ2n) is 0.659. The van der Waals surface area contributed by atoms with Gasteiger partial charge in [-0.3, -0.25) is 4.79 Å². The van der Waals surface area contributed by atoms with E-state index in [2.05, 4.69) is 23.2 Å². The normalized spacial score (nSPS) is 41.7. The van der Waals surface area contributed by atoms with Crippen molar-refractivity contribution in [2.45, 2.75) is 19.1 Å². The predicted octanol–water partition coefficient (Wildman–Crippen LogP) is 2.75. The third-order valence-corrected chi connectivity index (χ3v) is 0.144. The number of hydrogen-bond acceptors (Lipinski definition) is 1. The van der Waals surface area contributed by atoms with Gasteiger partial charge in [0.1, 0.15) is 0 Å². The Kier molecular flexibility index (Phi) is 1.41. The van der Waals surface area contributed by atoms with Crippen LogP contribution in [0.4, 0.5) is 4.79 Å². The zero-order valence-corrected chi connectivity index (χ0v) is 4.75. The first-order valence-corrected chi connectivity index (χ1v) is 2.17. The molecule has 0 heterocycles. The fraction of sp³-hybridized carbons (Fsp3) is 0.750. The summed E-state index contributed by atoms with van der Waals surface area (Å²) in [6, 6.07) is 0. The molecule has 1 rings (SSSR count). The molecule has 1 aliphatic rings. The maximum absolute atomic E-state index is 8.98. The van der Waals surface area contributed by atoms with Gasteiger partial charge in [-0.2, -0.15) is 0 Å². The molecule has 0 radical (unpaired) electrons. The molecular formula is C4H6Cl2O. The van der Waals surface area contributed by atoms with Crippen LogP contribution in [0.25, 0.3) is 0 Å². The quantitative estimate of drug-likeness (QED) is 0.480. The van der Waals surface area contributed by atoms with Crippen molar-refractivity contribution in [2.24, 2.45) is 0 Å². The Morgan fingerprint density at radius 3 is 1.71 bits per heavy atom. The largest absolute Gasteiger partial charge is 0.313 e. The molecule has 42 valence electrons. The lowest BCUT2D eigenvalue weighted by atomic mass is 11.0. The van der Waals surface area contributed by atoms with E-state index in [1.165, 1.54) is 0 Å². The molecule has 0 atom stereocenters. The Labute approximate surface area is 59.6 Å². The van der Waals surface area contributed by atoms with Crippen molar-refractivity contribution in [2.75, 3.05) is 0 Å². The summed E-state index contributed by atoms with van der Waals surface area (Å²) in [6.45, 7) is 0. The van der Waals surface area contributed by atoms with Gasteiger partial charge in [-0.1, -0.05) is 19.1 Å². The summed E-state index contributed by atoms with van der Waals surface area (Å²) in [4.78, 5) is 8.98. The molecule has 0 aromatic carbocycles. The first-order valence-electron chi connectivity index (χ1n) is 3.99. The molecule has 0 amide bonds. The summed E-state index contributed by atoms with van der Waals surface area (Å²) < 4.78 is 32.9. The van der Waals surface area contributed by atoms with Crippen molar-refractivity contribution in [3.63, 3.8) is 0 Å². The van der Waals surface area contributed by atoms with Gasteiger partial charge in [0.25, 0.3) is 0 Å². The van der Waals surface area contributed by atoms with Crippen LogP contribution in [0.15, 0.2) is 0 Å². The predicted molar refractivity (Wildman–Crippen MR) is 31.0 cm³/mol. The van der Waals surface area contributed by atoms with Crippen molar-refractivity contribution in [3.05, 3.63) is 0 Å². The van der Waals surface area contributed by atoms with Crippen LogP contribution in [-0.2, 0) is 0 Å². The van der Waals surface area contributed by atoms with E-state index >= 15 is 0 Å². The summed E-state index contributed by atoms with van der Waals surface area (Å²) in [7, 11) is 0. The van der Waals surface area contributed by atoms with Crippen LogP contribution in [0.2, 0.25) is 0 Å². The molecule has 0 N–H and O–H groups in total. The molecule has 7 heavy (non-hydrogen) atoms. The molecular weight excluding hydrogens is 135 g/mol. The number of halogens is 2. The Morgan fingerprint density at radius 2 is 1.71 bits per heavy atom. The van der Waals surface area contributed by atoms with Crippen LogP contribution in [0, 0.1) is 0 Å². The van der Waals surface area contributed by atoms with E-state index < -0.39 is 23.8 Å². The lowest BCUT2D eigenvalue weighted by Crippen LogP contribution is -1.46. The van der Waals surface area contributed by atoms with E-state index in [4.69, 9.17) is 11.6 Å². The van der Waals surface area contributed by atoms with E-state index in [0.29, 0.717) is 0 Å². The van der Waals surface area contributed by atoms with Crippen molar-refractivity contribution < 1.29 is 11.6 Å². The fourth-order valence-electron chi connectivity index (χ4n) is 0. The molecule has 1 fully saturated rings. The average Bonchev–Trinajstić information content (AvgIpc) is 2.12. The Bertz CT molecular complexity index is 176. The number of carbonyl (C=O) groups is 1. The Balaban J connectivity index is 0.000000261. The first-order chi connectivity index (χ1) is 5.14. The fourth-order valence-corrected chi connectivity index (χ4v) is 0. The second kappa shape index (κ2) is 4.41. The molecule has 1 nitrogen and oxygen atoms in total. The molecule has 0 aliphatic heterocycles. The van der Waals surface area contributed by atoms with E-state index in [-0.39, 0.29) is 0 Å². The summed E-state index contributed by atoms with van der Waals surface area (Å²) in [5.41, 5.74) is 0. The van der Waals surface area contributed by atoms with Crippen molar-refractivity contribution >= 4 is 27.9 Å². The standard InChI is InChI=1S/C3H6.CCl2O/c1-2-3-1;2-1(3)4/h1-3H2;/i1D,2D2,3D2;. The highest BCUT2D eigenvalue weighted by Crippen LogP contribution is 2.14. The molecule has 0 bridgehead atoms. The van der Waals surface area contributed by atoms with Gasteiger partial charge in [0.2, 0.25) is 0 Å². The zero-order chi connectivity index (χ0) is 10.2. The van der Waals surface area contributed by atoms with E-state index in [0.717, 1.165) is 0 Å². The van der Waals surface area contributed by atoms with E-state index in [9.17, 15) is 0 Å². The molecule has 3 heteroatoms. The molecule has 0 aromatic heterocycles. The summed E-state index contributed by atoms with van der Waals surface area (Å²) >= 11 is 8.80. The number of hydrogen-bond donors (Lipinski definition) is 0. The Morgan fingerprint density at radius 1 is 1.57 bits per heavy atom. The SMILES string of the molecule is O=C(Cl)Cl.[2H]C1C([2H])([2H])C1([2H])[2H]. The average molecular weight is 146 g/mol. The van der Waals surface area contributed by atoms with E-state index in [1.54, 1.807) is 0 Å². The third-order valence-electron chi connectivity index (χ3n) is 0.144. The van der Waals surface area contributed by atoms with Crippen molar-refractivity contribution in [3.8, 4) is 0 Å². The van der Waals surface area contributed by atoms with Crippen LogP contribution >= 0.6 is 23.2 Å². The van der Waals surface area contributed by atoms with Crippen molar-refractivity contribution in [1.82, 2.24) is 0 Å². The van der Waals surface area contributed by atoms with Gasteiger partial charge in [0.15, 0.2) is 0 Å². The number of rotatable bonds is 0. The summed E-state index contributed by atoms with van der Waals surface area (Å²) in [5.74, 6) is 0. The maximum atomic E-state index is 8.98. The van der Waals surface area contributed by atoms with Gasteiger partial charge in [0.05, 0.1) is 0 Å². The molecule has 0 unspecified atom stereocenters. The topological polar surface area (TPSA) is 17.1 Å². The zero-order valence-electron chi connectivity index (χ0n) is 8.24. The maximum Gasteiger partial charge on any atom is 0.313 e. The third kappa shape index (κ3) is 72.2. The van der Waals surface area contributed by atoms with Crippen LogP contribution in [-0.4, -0.2) is 4.70 Å². The van der Waals surface area contributed by atoms with Crippen LogP contribution in [0.3, 0.4) is 0 Å². The minimum absolute atomic E-state index is 0.889. The molecule has 0 saturated heterocycles. The first kappa shape index (κ1) is 2.24. The van der Waals surface area contributed by atoms with Gasteiger partial charge in [-0.25, -0.2) is 0 Å². The van der Waals surface area contributed by atoms with Gasteiger partial charge in [-0.15, -0.1) is 0 Å². The van der Waals surface area contributed by atoms with Crippen LogP contribution in [0.5, 0.6) is 0 Å². The highest BCUT2D eigenvalue weighted by Gasteiger charge is 1.95. The summed E-state index contributed by atoms with van der Waals surface area (Å²) in [5, 5.41) is 0. The molecule has 0 aromatic rings. The molecule has 0 spiro atoms. The summed E-state index contributed by atoms with van der Waals surface area (Å²) in [6.07, 6.45) is -4.96.